The first kappa shape index (κ1) is 19.4. The van der Waals surface area contributed by atoms with Crippen LogP contribution < -0.4 is 15.4 Å². The normalized spacial score (nSPS) is 10.7. The molecule has 2 N–H and O–H groups in total. The van der Waals surface area contributed by atoms with Crippen LogP contribution >= 0.6 is 0 Å². The molecule has 0 radical (unpaired) electrons. The molecule has 0 aliphatic carbocycles. The molecule has 2 aromatic heterocycles. The van der Waals surface area contributed by atoms with Gasteiger partial charge in [0.05, 0.1) is 0 Å². The molecular weight excluding hydrogens is 356 g/mol. The Morgan fingerprint density at radius 2 is 1.93 bits per heavy atom. The number of rotatable bonds is 8. The average molecular weight is 380 g/mol. The Labute approximate surface area is 164 Å². The number of aromatic nitrogens is 3. The summed E-state index contributed by atoms with van der Waals surface area (Å²) in [5.74, 6) is 1.76. The van der Waals surface area contributed by atoms with Crippen LogP contribution in [0.5, 0.6) is 11.6 Å². The third-order valence-corrected chi connectivity index (χ3v) is 3.85. The molecule has 0 atom stereocenters. The molecule has 28 heavy (non-hydrogen) atoms. The molecule has 1 aromatic carbocycles. The van der Waals surface area contributed by atoms with Crippen LogP contribution in [0.1, 0.15) is 10.4 Å². The van der Waals surface area contributed by atoms with Crippen molar-refractivity contribution in [3.8, 4) is 11.6 Å². The molecule has 8 nitrogen and oxygen atoms in total. The minimum absolute atomic E-state index is 0.283. The molecule has 0 saturated heterocycles. The van der Waals surface area contributed by atoms with Gasteiger partial charge in [-0.15, -0.1) is 0 Å². The number of benzene rings is 1. The zero-order valence-electron chi connectivity index (χ0n) is 16.2. The second-order valence-electron chi connectivity index (χ2n) is 6.55. The second kappa shape index (κ2) is 9.01. The van der Waals surface area contributed by atoms with Crippen LogP contribution in [0.2, 0.25) is 0 Å². The first-order valence-electron chi connectivity index (χ1n) is 8.94. The number of pyridine rings is 1. The summed E-state index contributed by atoms with van der Waals surface area (Å²) in [6.45, 7) is 1.52. The van der Waals surface area contributed by atoms with E-state index < -0.39 is 0 Å². The summed E-state index contributed by atoms with van der Waals surface area (Å²) in [5, 5.41) is 10.2. The van der Waals surface area contributed by atoms with E-state index in [0.29, 0.717) is 35.4 Å². The first-order valence-corrected chi connectivity index (χ1v) is 8.94. The van der Waals surface area contributed by atoms with Crippen molar-refractivity contribution in [2.24, 2.45) is 7.05 Å². The van der Waals surface area contributed by atoms with Crippen molar-refractivity contribution in [1.82, 2.24) is 19.7 Å². The molecule has 0 bridgehead atoms. The van der Waals surface area contributed by atoms with Gasteiger partial charge in [-0.1, -0.05) is 18.2 Å². The van der Waals surface area contributed by atoms with E-state index in [4.69, 9.17) is 4.74 Å². The number of para-hydroxylation sites is 1. The summed E-state index contributed by atoms with van der Waals surface area (Å²) in [7, 11) is 5.78. The van der Waals surface area contributed by atoms with Crippen LogP contribution in [0.25, 0.3) is 0 Å². The van der Waals surface area contributed by atoms with Crippen LogP contribution in [0, 0.1) is 0 Å². The van der Waals surface area contributed by atoms with E-state index in [9.17, 15) is 4.79 Å². The summed E-state index contributed by atoms with van der Waals surface area (Å²) >= 11 is 0. The highest BCUT2D eigenvalue weighted by Gasteiger charge is 2.13. The van der Waals surface area contributed by atoms with E-state index >= 15 is 0 Å². The van der Waals surface area contributed by atoms with Crippen LogP contribution in [-0.2, 0) is 7.05 Å². The third-order valence-electron chi connectivity index (χ3n) is 3.85. The molecule has 2 heterocycles. The maximum atomic E-state index is 12.7. The minimum atomic E-state index is -0.283. The molecule has 0 aliphatic rings. The van der Waals surface area contributed by atoms with Crippen molar-refractivity contribution in [1.29, 1.82) is 0 Å². The Morgan fingerprint density at radius 3 is 2.61 bits per heavy atom. The Bertz CT molecular complexity index is 923. The van der Waals surface area contributed by atoms with Gasteiger partial charge in [0.15, 0.2) is 5.82 Å². The van der Waals surface area contributed by atoms with E-state index in [2.05, 4.69) is 25.6 Å². The number of hydrogen-bond acceptors (Lipinski definition) is 6. The largest absolute Gasteiger partial charge is 0.439 e. The third kappa shape index (κ3) is 5.55. The van der Waals surface area contributed by atoms with Crippen LogP contribution in [0.4, 0.5) is 11.6 Å². The molecule has 0 aliphatic heterocycles. The lowest BCUT2D eigenvalue weighted by molar-refractivity contribution is 0.102. The first-order chi connectivity index (χ1) is 13.5. The van der Waals surface area contributed by atoms with Gasteiger partial charge in [-0.2, -0.15) is 10.1 Å². The number of aryl methyl sites for hydroxylation is 1. The number of carbonyl (C=O) groups is 1. The Morgan fingerprint density at radius 1 is 1.14 bits per heavy atom. The molecule has 1 amide bonds. The quantitative estimate of drug-likeness (QED) is 0.625. The van der Waals surface area contributed by atoms with Crippen LogP contribution in [-0.4, -0.2) is 52.8 Å². The summed E-state index contributed by atoms with van der Waals surface area (Å²) in [6.07, 6.45) is 1.76. The van der Waals surface area contributed by atoms with Gasteiger partial charge < -0.3 is 20.3 Å². The molecule has 146 valence electrons. The van der Waals surface area contributed by atoms with Crippen LogP contribution in [0.3, 0.4) is 0 Å². The number of hydrogen-bond donors (Lipinski definition) is 2. The zero-order valence-corrected chi connectivity index (χ0v) is 16.2. The van der Waals surface area contributed by atoms with Gasteiger partial charge in [-0.25, -0.2) is 0 Å². The van der Waals surface area contributed by atoms with E-state index in [1.807, 2.05) is 44.4 Å². The van der Waals surface area contributed by atoms with E-state index in [1.54, 1.807) is 36.1 Å². The molecule has 3 rings (SSSR count). The van der Waals surface area contributed by atoms with E-state index in [0.717, 1.165) is 6.54 Å². The van der Waals surface area contributed by atoms with Gasteiger partial charge in [0.2, 0.25) is 5.88 Å². The maximum absolute atomic E-state index is 12.7. The summed E-state index contributed by atoms with van der Waals surface area (Å²) in [4.78, 5) is 19.2. The number of nitrogens with zero attached hydrogens (tertiary/aromatic N) is 4. The molecular formula is C20H24N6O2. The van der Waals surface area contributed by atoms with Gasteiger partial charge >= 0.3 is 0 Å². The molecule has 0 fully saturated rings. The lowest BCUT2D eigenvalue weighted by atomic mass is 10.2. The summed E-state index contributed by atoms with van der Waals surface area (Å²) in [5.41, 5.74) is 0.430. The van der Waals surface area contributed by atoms with E-state index in [1.165, 1.54) is 0 Å². The topological polar surface area (TPSA) is 84.3 Å². The number of carbonyl (C=O) groups excluding carboxylic acids is 1. The Balaban J connectivity index is 1.81. The average Bonchev–Trinajstić information content (AvgIpc) is 3.07. The molecule has 8 heteroatoms. The number of amides is 1. The summed E-state index contributed by atoms with van der Waals surface area (Å²) in [6, 6.07) is 14.4. The van der Waals surface area contributed by atoms with Gasteiger partial charge in [0.1, 0.15) is 11.6 Å². The fourth-order valence-electron chi connectivity index (χ4n) is 2.47. The fourth-order valence-corrected chi connectivity index (χ4v) is 2.47. The van der Waals surface area contributed by atoms with E-state index in [-0.39, 0.29) is 5.91 Å². The molecule has 3 aromatic rings. The van der Waals surface area contributed by atoms with Crippen molar-refractivity contribution < 1.29 is 9.53 Å². The SMILES string of the molecule is CN(C)CCNc1cc(C(=O)Nc2ccn(C)n2)cc(Oc2ccccc2)n1. The van der Waals surface area contributed by atoms with Crippen molar-refractivity contribution in [2.45, 2.75) is 0 Å². The number of nitrogens with one attached hydrogen (secondary N) is 2. The van der Waals surface area contributed by atoms with Crippen molar-refractivity contribution >= 4 is 17.5 Å². The van der Waals surface area contributed by atoms with Crippen molar-refractivity contribution in [2.75, 3.05) is 37.8 Å². The highest BCUT2D eigenvalue weighted by atomic mass is 16.5. The van der Waals surface area contributed by atoms with Gasteiger partial charge in [0, 0.05) is 44.0 Å². The lowest BCUT2D eigenvalue weighted by Gasteiger charge is -2.13. The minimum Gasteiger partial charge on any atom is -0.439 e. The Hall–Kier alpha value is -3.39. The van der Waals surface area contributed by atoms with Crippen molar-refractivity contribution in [3.63, 3.8) is 0 Å². The van der Waals surface area contributed by atoms with Gasteiger partial charge in [-0.3, -0.25) is 9.48 Å². The van der Waals surface area contributed by atoms with Gasteiger partial charge in [-0.05, 0) is 32.3 Å². The van der Waals surface area contributed by atoms with Crippen LogP contribution in [0.15, 0.2) is 54.7 Å². The monoisotopic (exact) mass is 380 g/mol. The molecule has 0 saturated carbocycles. The smallest absolute Gasteiger partial charge is 0.257 e. The molecule has 0 spiro atoms. The predicted molar refractivity (Wildman–Crippen MR) is 109 cm³/mol. The second-order valence-corrected chi connectivity index (χ2v) is 6.55. The number of likely N-dealkylation sites (N-methyl/N-ethyl adjacent to an activating group) is 1. The summed E-state index contributed by atoms with van der Waals surface area (Å²) < 4.78 is 7.46. The standard InChI is InChI=1S/C20H24N6O2/c1-25(2)12-10-21-18-13-15(20(27)23-17-9-11-26(3)24-17)14-19(22-18)28-16-7-5-4-6-8-16/h4-9,11,13-14H,10,12H2,1-3H3,(H,21,22)(H,23,24,27). The lowest BCUT2D eigenvalue weighted by Crippen LogP contribution is -2.21. The Kier molecular flexibility index (Phi) is 6.23. The maximum Gasteiger partial charge on any atom is 0.257 e. The highest BCUT2D eigenvalue weighted by molar-refractivity contribution is 6.04. The van der Waals surface area contributed by atoms with Gasteiger partial charge in [0.25, 0.3) is 5.91 Å². The molecule has 0 unspecified atom stereocenters. The number of anilines is 2. The zero-order chi connectivity index (χ0) is 19.9. The fraction of sp³-hybridized carbons (Fsp3) is 0.250. The number of ether oxygens (including phenoxy) is 1. The highest BCUT2D eigenvalue weighted by Crippen LogP contribution is 2.23. The predicted octanol–water partition coefficient (Wildman–Crippen LogP) is 2.83. The van der Waals surface area contributed by atoms with Crippen molar-refractivity contribution in [3.05, 3.63) is 60.3 Å².